The van der Waals surface area contributed by atoms with Crippen molar-refractivity contribution in [3.8, 4) is 0 Å². The van der Waals surface area contributed by atoms with Crippen molar-refractivity contribution in [3.05, 3.63) is 0 Å². The van der Waals surface area contributed by atoms with Gasteiger partial charge in [0.25, 0.3) is 0 Å². The quantitative estimate of drug-likeness (QED) is 0.615. The maximum atomic E-state index is 11.4. The molecule has 0 spiro atoms. The van der Waals surface area contributed by atoms with Crippen LogP contribution in [-0.2, 0) is 4.79 Å². The molecule has 1 aliphatic heterocycles. The van der Waals surface area contributed by atoms with Crippen molar-refractivity contribution >= 4 is 5.91 Å². The second-order valence-electron chi connectivity index (χ2n) is 4.06. The van der Waals surface area contributed by atoms with E-state index in [9.17, 15) is 4.79 Å². The molecular formula is C11H23NO. The summed E-state index contributed by atoms with van der Waals surface area (Å²) in [6.45, 7) is 12.2. The van der Waals surface area contributed by atoms with Crippen LogP contribution < -0.4 is 0 Å². The summed E-state index contributed by atoms with van der Waals surface area (Å²) in [5.41, 5.74) is 0.239. The van der Waals surface area contributed by atoms with Crippen LogP contribution in [0.15, 0.2) is 0 Å². The van der Waals surface area contributed by atoms with Gasteiger partial charge in [0, 0.05) is 19.5 Å². The molecule has 2 heteroatoms. The Hall–Kier alpha value is -0.530. The minimum atomic E-state index is 0.239. The van der Waals surface area contributed by atoms with E-state index in [4.69, 9.17) is 0 Å². The highest BCUT2D eigenvalue weighted by atomic mass is 16.2. The fourth-order valence-electron chi connectivity index (χ4n) is 1.51. The molecule has 0 saturated carbocycles. The number of piperidine rings is 1. The van der Waals surface area contributed by atoms with E-state index in [1.807, 2.05) is 25.7 Å². The third-order valence-corrected chi connectivity index (χ3v) is 2.42. The molecule has 2 nitrogen and oxygen atoms in total. The first-order valence-electron chi connectivity index (χ1n) is 5.33. The zero-order valence-corrected chi connectivity index (χ0v) is 9.68. The largest absolute Gasteiger partial charge is 0.343 e. The Morgan fingerprint density at radius 3 is 2.31 bits per heavy atom. The molecule has 0 aromatic rings. The second kappa shape index (κ2) is 5.25. The van der Waals surface area contributed by atoms with E-state index in [-0.39, 0.29) is 5.41 Å². The van der Waals surface area contributed by atoms with Crippen LogP contribution in [0.1, 0.15) is 47.5 Å². The summed E-state index contributed by atoms with van der Waals surface area (Å²) in [7, 11) is 0. The molecule has 0 bridgehead atoms. The maximum Gasteiger partial charge on any atom is 0.223 e. The van der Waals surface area contributed by atoms with E-state index in [1.165, 1.54) is 0 Å². The summed E-state index contributed by atoms with van der Waals surface area (Å²) in [6.07, 6.45) is 1.87. The van der Waals surface area contributed by atoms with Crippen LogP contribution in [0.5, 0.6) is 0 Å². The van der Waals surface area contributed by atoms with E-state index in [2.05, 4.69) is 13.8 Å². The van der Waals surface area contributed by atoms with Gasteiger partial charge in [0.2, 0.25) is 5.91 Å². The lowest BCUT2D eigenvalue weighted by atomic mass is 9.82. The van der Waals surface area contributed by atoms with Crippen LogP contribution in [0.4, 0.5) is 0 Å². The maximum absolute atomic E-state index is 11.4. The SMILES string of the molecule is CC.CCN1CCC(C)(C)CC1=O. The van der Waals surface area contributed by atoms with E-state index in [0.717, 1.165) is 25.9 Å². The predicted octanol–water partition coefficient (Wildman–Crippen LogP) is 2.68. The van der Waals surface area contributed by atoms with Gasteiger partial charge in [0.1, 0.15) is 0 Å². The van der Waals surface area contributed by atoms with Crippen molar-refractivity contribution in [2.24, 2.45) is 5.41 Å². The van der Waals surface area contributed by atoms with Crippen molar-refractivity contribution in [1.82, 2.24) is 4.90 Å². The number of rotatable bonds is 1. The molecule has 1 rings (SSSR count). The number of amides is 1. The Bertz CT molecular complexity index is 163. The Kier molecular flexibility index (Phi) is 5.04. The summed E-state index contributed by atoms with van der Waals surface area (Å²) in [6, 6.07) is 0. The lowest BCUT2D eigenvalue weighted by Crippen LogP contribution is -2.41. The van der Waals surface area contributed by atoms with Crippen molar-refractivity contribution < 1.29 is 4.79 Å². The monoisotopic (exact) mass is 185 g/mol. The summed E-state index contributed by atoms with van der Waals surface area (Å²) in [5.74, 6) is 0.323. The first kappa shape index (κ1) is 12.5. The second-order valence-corrected chi connectivity index (χ2v) is 4.06. The first-order valence-corrected chi connectivity index (χ1v) is 5.33. The lowest BCUT2D eigenvalue weighted by molar-refractivity contribution is -0.136. The molecule has 78 valence electrons. The van der Waals surface area contributed by atoms with Gasteiger partial charge in [-0.05, 0) is 18.8 Å². The lowest BCUT2D eigenvalue weighted by Gasteiger charge is -2.35. The topological polar surface area (TPSA) is 20.3 Å². The zero-order valence-electron chi connectivity index (χ0n) is 9.68. The standard InChI is InChI=1S/C9H17NO.C2H6/c1-4-10-6-5-9(2,3)7-8(10)11;1-2/h4-7H2,1-3H3;1-2H3. The van der Waals surface area contributed by atoms with Crippen molar-refractivity contribution in [1.29, 1.82) is 0 Å². The van der Waals surface area contributed by atoms with Crippen molar-refractivity contribution in [2.75, 3.05) is 13.1 Å². The minimum absolute atomic E-state index is 0.239. The van der Waals surface area contributed by atoms with E-state index >= 15 is 0 Å². The van der Waals surface area contributed by atoms with E-state index < -0.39 is 0 Å². The summed E-state index contributed by atoms with van der Waals surface area (Å²) in [4.78, 5) is 13.3. The Labute approximate surface area is 82.3 Å². The molecule has 0 atom stereocenters. The molecule has 13 heavy (non-hydrogen) atoms. The first-order chi connectivity index (χ1) is 6.05. The van der Waals surface area contributed by atoms with E-state index in [0.29, 0.717) is 5.91 Å². The van der Waals surface area contributed by atoms with Crippen LogP contribution >= 0.6 is 0 Å². The molecule has 1 aliphatic rings. The molecule has 0 aromatic heterocycles. The van der Waals surface area contributed by atoms with Gasteiger partial charge < -0.3 is 4.90 Å². The number of carbonyl (C=O) groups excluding carboxylic acids is 1. The smallest absolute Gasteiger partial charge is 0.223 e. The summed E-state index contributed by atoms with van der Waals surface area (Å²) >= 11 is 0. The average Bonchev–Trinajstić information content (AvgIpc) is 2.07. The molecule has 0 radical (unpaired) electrons. The van der Waals surface area contributed by atoms with Gasteiger partial charge in [-0.2, -0.15) is 0 Å². The van der Waals surface area contributed by atoms with Crippen LogP contribution in [0.3, 0.4) is 0 Å². The van der Waals surface area contributed by atoms with Crippen LogP contribution in [-0.4, -0.2) is 23.9 Å². The van der Waals surface area contributed by atoms with Gasteiger partial charge in [-0.3, -0.25) is 4.79 Å². The van der Waals surface area contributed by atoms with Crippen molar-refractivity contribution in [2.45, 2.75) is 47.5 Å². The minimum Gasteiger partial charge on any atom is -0.343 e. The normalized spacial score (nSPS) is 20.7. The highest BCUT2D eigenvalue weighted by molar-refractivity contribution is 5.77. The van der Waals surface area contributed by atoms with Crippen LogP contribution in [0, 0.1) is 5.41 Å². The highest BCUT2D eigenvalue weighted by Crippen LogP contribution is 2.30. The molecule has 1 heterocycles. The fraction of sp³-hybridized carbons (Fsp3) is 0.909. The number of hydrogen-bond acceptors (Lipinski definition) is 1. The van der Waals surface area contributed by atoms with Gasteiger partial charge in [-0.15, -0.1) is 0 Å². The van der Waals surface area contributed by atoms with Crippen LogP contribution in [0.2, 0.25) is 0 Å². The predicted molar refractivity (Wildman–Crippen MR) is 56.6 cm³/mol. The van der Waals surface area contributed by atoms with Gasteiger partial charge in [0.15, 0.2) is 0 Å². The molecular weight excluding hydrogens is 162 g/mol. The summed E-state index contributed by atoms with van der Waals surface area (Å²) < 4.78 is 0. The Morgan fingerprint density at radius 1 is 1.38 bits per heavy atom. The molecule has 0 unspecified atom stereocenters. The number of nitrogens with zero attached hydrogens (tertiary/aromatic N) is 1. The van der Waals surface area contributed by atoms with Crippen LogP contribution in [0.25, 0.3) is 0 Å². The molecule has 1 amide bonds. The Morgan fingerprint density at radius 2 is 1.92 bits per heavy atom. The summed E-state index contributed by atoms with van der Waals surface area (Å²) in [5, 5.41) is 0. The number of hydrogen-bond donors (Lipinski definition) is 0. The molecule has 0 aromatic carbocycles. The average molecular weight is 185 g/mol. The van der Waals surface area contributed by atoms with Gasteiger partial charge in [-0.1, -0.05) is 27.7 Å². The Balaban J connectivity index is 0.000000671. The third-order valence-electron chi connectivity index (χ3n) is 2.42. The van der Waals surface area contributed by atoms with Gasteiger partial charge in [0.05, 0.1) is 0 Å². The molecule has 0 N–H and O–H groups in total. The van der Waals surface area contributed by atoms with Gasteiger partial charge in [-0.25, -0.2) is 0 Å². The third kappa shape index (κ3) is 3.79. The zero-order chi connectivity index (χ0) is 10.5. The number of likely N-dealkylation sites (tertiary alicyclic amines) is 1. The van der Waals surface area contributed by atoms with Gasteiger partial charge >= 0.3 is 0 Å². The molecule has 1 fully saturated rings. The van der Waals surface area contributed by atoms with Crippen molar-refractivity contribution in [3.63, 3.8) is 0 Å². The number of carbonyl (C=O) groups is 1. The molecule has 0 aliphatic carbocycles. The molecule has 1 saturated heterocycles. The van der Waals surface area contributed by atoms with E-state index in [1.54, 1.807) is 0 Å². The fourth-order valence-corrected chi connectivity index (χ4v) is 1.51. The highest BCUT2D eigenvalue weighted by Gasteiger charge is 2.30.